The summed E-state index contributed by atoms with van der Waals surface area (Å²) in [4.78, 5) is 25.1. The fourth-order valence-corrected chi connectivity index (χ4v) is 2.35. The lowest BCUT2D eigenvalue weighted by molar-refractivity contribution is -0.137. The van der Waals surface area contributed by atoms with E-state index in [2.05, 4.69) is 5.32 Å². The van der Waals surface area contributed by atoms with Crippen LogP contribution in [0.15, 0.2) is 18.2 Å². The van der Waals surface area contributed by atoms with Crippen LogP contribution < -0.4 is 16.0 Å². The normalized spacial score (nSPS) is 15.9. The van der Waals surface area contributed by atoms with Gasteiger partial charge in [0.25, 0.3) is 5.91 Å². The predicted molar refractivity (Wildman–Crippen MR) is 86.3 cm³/mol. The first kappa shape index (κ1) is 20.2. The molecule has 1 atom stereocenters. The maximum atomic E-state index is 13.1. The summed E-state index contributed by atoms with van der Waals surface area (Å²) in [6.07, 6.45) is -3.73. The van der Waals surface area contributed by atoms with E-state index < -0.39 is 17.6 Å². The molecule has 24 heavy (non-hydrogen) atoms. The van der Waals surface area contributed by atoms with Crippen LogP contribution >= 0.6 is 12.4 Å². The molecule has 0 radical (unpaired) electrons. The summed E-state index contributed by atoms with van der Waals surface area (Å²) in [5.74, 6) is -0.895. The summed E-state index contributed by atoms with van der Waals surface area (Å²) in [6, 6.07) is 2.61. The van der Waals surface area contributed by atoms with E-state index in [9.17, 15) is 22.8 Å². The number of nitrogens with two attached hydrogens (primary N) is 1. The molecule has 1 aliphatic rings. The highest BCUT2D eigenvalue weighted by Crippen LogP contribution is 2.34. The Morgan fingerprint density at radius 3 is 2.54 bits per heavy atom. The van der Waals surface area contributed by atoms with Crippen LogP contribution in [0.1, 0.15) is 35.7 Å². The van der Waals surface area contributed by atoms with Crippen LogP contribution in [0.4, 0.5) is 18.9 Å². The summed E-state index contributed by atoms with van der Waals surface area (Å²) >= 11 is 0. The minimum atomic E-state index is -4.60. The minimum absolute atomic E-state index is 0. The van der Waals surface area contributed by atoms with Crippen molar-refractivity contribution in [3.8, 4) is 0 Å². The highest BCUT2D eigenvalue weighted by Gasteiger charge is 2.33. The molecular formula is C15H19ClF3N3O2. The van der Waals surface area contributed by atoms with Crippen molar-refractivity contribution in [1.29, 1.82) is 0 Å². The lowest BCUT2D eigenvalue weighted by Gasteiger charge is -2.20. The van der Waals surface area contributed by atoms with Crippen molar-refractivity contribution < 1.29 is 22.8 Å². The summed E-state index contributed by atoms with van der Waals surface area (Å²) in [5.41, 5.74) is 4.39. The van der Waals surface area contributed by atoms with Crippen molar-refractivity contribution in [2.45, 2.75) is 32.0 Å². The van der Waals surface area contributed by atoms with Crippen molar-refractivity contribution in [3.05, 3.63) is 29.3 Å². The molecule has 1 aliphatic heterocycles. The van der Waals surface area contributed by atoms with Crippen molar-refractivity contribution in [2.75, 3.05) is 18.0 Å². The van der Waals surface area contributed by atoms with E-state index in [-0.39, 0.29) is 42.2 Å². The van der Waals surface area contributed by atoms with E-state index in [1.807, 2.05) is 0 Å². The number of halogens is 4. The number of hydrogen-bond acceptors (Lipinski definition) is 3. The van der Waals surface area contributed by atoms with E-state index in [4.69, 9.17) is 5.73 Å². The van der Waals surface area contributed by atoms with Crippen molar-refractivity contribution in [3.63, 3.8) is 0 Å². The molecule has 3 N–H and O–H groups in total. The van der Waals surface area contributed by atoms with Gasteiger partial charge < -0.3 is 16.0 Å². The molecule has 1 heterocycles. The Balaban J connectivity index is 0.00000288. The largest absolute Gasteiger partial charge is 0.416 e. The molecule has 0 spiro atoms. The first-order valence-corrected chi connectivity index (χ1v) is 7.26. The number of nitrogens with zero attached hydrogens (tertiary/aromatic N) is 1. The topological polar surface area (TPSA) is 75.4 Å². The van der Waals surface area contributed by atoms with Crippen molar-refractivity contribution in [1.82, 2.24) is 5.32 Å². The van der Waals surface area contributed by atoms with E-state index in [1.54, 1.807) is 6.92 Å². The van der Waals surface area contributed by atoms with Gasteiger partial charge in [-0.2, -0.15) is 13.2 Å². The number of rotatable bonds is 4. The average molecular weight is 366 g/mol. The van der Waals surface area contributed by atoms with E-state index in [1.165, 1.54) is 11.0 Å². The fraction of sp³-hybridized carbons (Fsp3) is 0.467. The van der Waals surface area contributed by atoms with Gasteiger partial charge in [-0.05, 0) is 31.5 Å². The molecule has 9 heteroatoms. The highest BCUT2D eigenvalue weighted by atomic mass is 35.5. The molecule has 134 valence electrons. The second-order valence-corrected chi connectivity index (χ2v) is 5.53. The average Bonchev–Trinajstić information content (AvgIpc) is 2.91. The van der Waals surface area contributed by atoms with Gasteiger partial charge in [0.05, 0.1) is 5.56 Å². The molecule has 2 rings (SSSR count). The third kappa shape index (κ3) is 4.61. The molecule has 0 aromatic heterocycles. The molecule has 1 saturated heterocycles. The maximum absolute atomic E-state index is 13.1. The van der Waals surface area contributed by atoms with Gasteiger partial charge in [-0.3, -0.25) is 9.59 Å². The molecule has 0 saturated carbocycles. The zero-order chi connectivity index (χ0) is 17.2. The van der Waals surface area contributed by atoms with Crippen LogP contribution in [0.3, 0.4) is 0 Å². The highest BCUT2D eigenvalue weighted by molar-refractivity contribution is 5.99. The third-order valence-electron chi connectivity index (χ3n) is 3.62. The van der Waals surface area contributed by atoms with Crippen molar-refractivity contribution >= 4 is 29.9 Å². The van der Waals surface area contributed by atoms with E-state index in [0.717, 1.165) is 12.1 Å². The standard InChI is InChI=1S/C15H18F3N3O2.ClH/c1-9(8-19)20-14(23)10-5-11(15(16,17)18)7-12(6-10)21-4-2-3-13(21)22;/h5-7,9H,2-4,8,19H2,1H3,(H,20,23);1H/t9-;/m0./s1. The quantitative estimate of drug-likeness (QED) is 0.860. The number of hydrogen-bond donors (Lipinski definition) is 2. The van der Waals surface area contributed by atoms with Gasteiger partial charge in [-0.25, -0.2) is 0 Å². The first-order chi connectivity index (χ1) is 10.7. The number of carbonyl (C=O) groups is 2. The number of nitrogens with one attached hydrogen (secondary N) is 1. The SMILES string of the molecule is C[C@@H](CN)NC(=O)c1cc(N2CCCC2=O)cc(C(F)(F)F)c1.Cl. The lowest BCUT2D eigenvalue weighted by Crippen LogP contribution is -2.38. The molecule has 1 fully saturated rings. The van der Waals surface area contributed by atoms with Crippen LogP contribution in [0, 0.1) is 0 Å². The zero-order valence-electron chi connectivity index (χ0n) is 13.0. The molecule has 1 aromatic carbocycles. The van der Waals surface area contributed by atoms with E-state index in [0.29, 0.717) is 19.4 Å². The first-order valence-electron chi connectivity index (χ1n) is 7.26. The molecule has 0 bridgehead atoms. The molecule has 0 unspecified atom stereocenters. The smallest absolute Gasteiger partial charge is 0.348 e. The second-order valence-electron chi connectivity index (χ2n) is 5.53. The van der Waals surface area contributed by atoms with Crippen LogP contribution in [-0.2, 0) is 11.0 Å². The molecule has 1 aromatic rings. The predicted octanol–water partition coefficient (Wildman–Crippen LogP) is 2.33. The van der Waals surface area contributed by atoms with Crippen molar-refractivity contribution in [2.24, 2.45) is 5.73 Å². The maximum Gasteiger partial charge on any atom is 0.416 e. The number of anilines is 1. The fourth-order valence-electron chi connectivity index (χ4n) is 2.35. The number of amides is 2. The van der Waals surface area contributed by atoms with Gasteiger partial charge >= 0.3 is 6.18 Å². The Morgan fingerprint density at radius 1 is 1.38 bits per heavy atom. The Labute approximate surface area is 143 Å². The van der Waals surface area contributed by atoms with Gasteiger partial charge in [0, 0.05) is 36.8 Å². The van der Waals surface area contributed by atoms with Crippen LogP contribution in [0.25, 0.3) is 0 Å². The Morgan fingerprint density at radius 2 is 2.04 bits per heavy atom. The van der Waals surface area contributed by atoms with Crippen LogP contribution in [0.2, 0.25) is 0 Å². The number of benzene rings is 1. The summed E-state index contributed by atoms with van der Waals surface area (Å²) in [7, 11) is 0. The third-order valence-corrected chi connectivity index (χ3v) is 3.62. The van der Waals surface area contributed by atoms with E-state index >= 15 is 0 Å². The van der Waals surface area contributed by atoms with Crippen LogP contribution in [-0.4, -0.2) is 30.9 Å². The van der Waals surface area contributed by atoms with Gasteiger partial charge in [0.1, 0.15) is 0 Å². The Kier molecular flexibility index (Phi) is 6.62. The van der Waals surface area contributed by atoms with Crippen LogP contribution in [0.5, 0.6) is 0 Å². The molecular weight excluding hydrogens is 347 g/mol. The molecule has 5 nitrogen and oxygen atoms in total. The zero-order valence-corrected chi connectivity index (χ0v) is 13.8. The monoisotopic (exact) mass is 365 g/mol. The summed E-state index contributed by atoms with van der Waals surface area (Å²) in [6.45, 7) is 2.17. The second kappa shape index (κ2) is 7.85. The molecule has 0 aliphatic carbocycles. The summed E-state index contributed by atoms with van der Waals surface area (Å²) < 4.78 is 39.2. The van der Waals surface area contributed by atoms with Gasteiger partial charge in [-0.15, -0.1) is 12.4 Å². The molecule has 2 amide bonds. The van der Waals surface area contributed by atoms with Gasteiger partial charge in [-0.1, -0.05) is 0 Å². The van der Waals surface area contributed by atoms with Gasteiger partial charge in [0.15, 0.2) is 0 Å². The number of alkyl halides is 3. The lowest BCUT2D eigenvalue weighted by atomic mass is 10.1. The Hall–Kier alpha value is -1.80. The van der Waals surface area contributed by atoms with Gasteiger partial charge in [0.2, 0.25) is 5.91 Å². The Bertz CT molecular complexity index is 622. The number of carbonyl (C=O) groups excluding carboxylic acids is 2. The summed E-state index contributed by atoms with van der Waals surface area (Å²) in [5, 5.41) is 2.52. The minimum Gasteiger partial charge on any atom is -0.348 e.